The van der Waals surface area contributed by atoms with E-state index in [-0.39, 0.29) is 10.7 Å². The molecule has 8 nitrogen and oxygen atoms in total. The van der Waals surface area contributed by atoms with Crippen LogP contribution in [0.25, 0.3) is 16.6 Å². The van der Waals surface area contributed by atoms with E-state index in [1.54, 1.807) is 30.5 Å². The lowest BCUT2D eigenvalue weighted by atomic mass is 10.0. The summed E-state index contributed by atoms with van der Waals surface area (Å²) in [6.07, 6.45) is 1.72. The zero-order valence-corrected chi connectivity index (χ0v) is 19.0. The second kappa shape index (κ2) is 8.61. The summed E-state index contributed by atoms with van der Waals surface area (Å²) in [7, 11) is 0.669. The van der Waals surface area contributed by atoms with Gasteiger partial charge < -0.3 is 18.8 Å². The predicted octanol–water partition coefficient (Wildman–Crippen LogP) is 3.53. The van der Waals surface area contributed by atoms with Gasteiger partial charge in [0, 0.05) is 28.4 Å². The van der Waals surface area contributed by atoms with Crippen LogP contribution in [0.3, 0.4) is 0 Å². The molecule has 0 radical (unpaired) electrons. The molecule has 0 fully saturated rings. The minimum atomic E-state index is -3.80. The second-order valence-corrected chi connectivity index (χ2v) is 8.77. The van der Waals surface area contributed by atoms with Crippen LogP contribution >= 0.6 is 0 Å². The third-order valence-corrected chi connectivity index (χ3v) is 6.26. The SMILES string of the molecule is COc1cc(C(=O)c2cn(-c3ccc(S(N)(=O)=O)cc3)c3ccccc23)cc(OC)c1OC. The molecule has 0 aliphatic rings. The minimum absolute atomic E-state index is 0.0106. The maximum absolute atomic E-state index is 13.6. The molecule has 170 valence electrons. The Morgan fingerprint density at radius 1 is 0.879 bits per heavy atom. The lowest BCUT2D eigenvalue weighted by Crippen LogP contribution is -2.11. The fourth-order valence-corrected chi connectivity index (χ4v) is 4.25. The average molecular weight is 467 g/mol. The number of carbonyl (C=O) groups is 1. The van der Waals surface area contributed by atoms with E-state index >= 15 is 0 Å². The molecule has 0 aliphatic carbocycles. The summed E-state index contributed by atoms with van der Waals surface area (Å²) in [5.74, 6) is 0.921. The molecule has 0 unspecified atom stereocenters. The van der Waals surface area contributed by atoms with E-state index in [1.165, 1.54) is 33.5 Å². The Hall–Kier alpha value is -3.82. The van der Waals surface area contributed by atoms with Crippen LogP contribution in [0.1, 0.15) is 15.9 Å². The number of aromatic nitrogens is 1. The monoisotopic (exact) mass is 466 g/mol. The standard InChI is InChI=1S/C24H22N2O6S/c1-30-21-12-15(13-22(31-2)24(21)32-3)23(27)19-14-26(20-7-5-4-6-18(19)20)16-8-10-17(11-9-16)33(25,28)29/h4-14H,1-3H3,(H2,25,28,29). The first-order valence-corrected chi connectivity index (χ1v) is 11.4. The van der Waals surface area contributed by atoms with Crippen LogP contribution in [0.4, 0.5) is 0 Å². The molecule has 0 aliphatic heterocycles. The van der Waals surface area contributed by atoms with Crippen LogP contribution in [0, 0.1) is 0 Å². The van der Waals surface area contributed by atoms with Gasteiger partial charge in [-0.1, -0.05) is 18.2 Å². The number of sulfonamides is 1. The van der Waals surface area contributed by atoms with Crippen LogP contribution in [0.5, 0.6) is 17.2 Å². The fourth-order valence-electron chi connectivity index (χ4n) is 3.74. The van der Waals surface area contributed by atoms with E-state index in [9.17, 15) is 13.2 Å². The Balaban J connectivity index is 1.86. The van der Waals surface area contributed by atoms with Gasteiger partial charge in [-0.3, -0.25) is 4.79 Å². The summed E-state index contributed by atoms with van der Waals surface area (Å²) >= 11 is 0. The van der Waals surface area contributed by atoms with Gasteiger partial charge in [-0.2, -0.15) is 0 Å². The van der Waals surface area contributed by atoms with Crippen molar-refractivity contribution in [2.75, 3.05) is 21.3 Å². The highest BCUT2D eigenvalue weighted by molar-refractivity contribution is 7.89. The first kappa shape index (κ1) is 22.4. The maximum Gasteiger partial charge on any atom is 0.238 e. The van der Waals surface area contributed by atoms with Crippen molar-refractivity contribution in [1.82, 2.24) is 4.57 Å². The molecule has 0 spiro atoms. The van der Waals surface area contributed by atoms with Crippen molar-refractivity contribution in [2.45, 2.75) is 4.90 Å². The molecule has 1 heterocycles. The Morgan fingerprint density at radius 2 is 1.48 bits per heavy atom. The lowest BCUT2D eigenvalue weighted by Gasteiger charge is -2.13. The first-order valence-electron chi connectivity index (χ1n) is 9.86. The van der Waals surface area contributed by atoms with Gasteiger partial charge in [-0.05, 0) is 42.5 Å². The predicted molar refractivity (Wildman–Crippen MR) is 124 cm³/mol. The molecule has 1 aromatic heterocycles. The van der Waals surface area contributed by atoms with Gasteiger partial charge in [0.25, 0.3) is 0 Å². The Morgan fingerprint density at radius 3 is 2.03 bits per heavy atom. The molecule has 4 rings (SSSR count). The first-order chi connectivity index (χ1) is 15.8. The fraction of sp³-hybridized carbons (Fsp3) is 0.125. The molecule has 3 aromatic carbocycles. The molecule has 9 heteroatoms. The normalized spacial score (nSPS) is 11.4. The summed E-state index contributed by atoms with van der Waals surface area (Å²) in [6.45, 7) is 0. The van der Waals surface area contributed by atoms with Crippen LogP contribution in [0.15, 0.2) is 71.8 Å². The molecule has 0 bridgehead atoms. The van der Waals surface area contributed by atoms with Gasteiger partial charge in [0.1, 0.15) is 0 Å². The smallest absolute Gasteiger partial charge is 0.238 e. The van der Waals surface area contributed by atoms with Gasteiger partial charge in [0.15, 0.2) is 17.3 Å². The number of fused-ring (bicyclic) bond motifs is 1. The van der Waals surface area contributed by atoms with Crippen LogP contribution in [0.2, 0.25) is 0 Å². The molecular weight excluding hydrogens is 444 g/mol. The molecule has 4 aromatic rings. The number of methoxy groups -OCH3 is 3. The van der Waals surface area contributed by atoms with E-state index in [2.05, 4.69) is 0 Å². The highest BCUT2D eigenvalue weighted by Crippen LogP contribution is 2.39. The molecule has 33 heavy (non-hydrogen) atoms. The minimum Gasteiger partial charge on any atom is -0.493 e. The highest BCUT2D eigenvalue weighted by atomic mass is 32.2. The zero-order valence-electron chi connectivity index (χ0n) is 18.2. The maximum atomic E-state index is 13.6. The number of carbonyl (C=O) groups excluding carboxylic acids is 1. The largest absolute Gasteiger partial charge is 0.493 e. The Bertz CT molecular complexity index is 1430. The van der Waals surface area contributed by atoms with E-state index in [0.29, 0.717) is 34.1 Å². The van der Waals surface area contributed by atoms with Crippen molar-refractivity contribution >= 4 is 26.7 Å². The van der Waals surface area contributed by atoms with Crippen molar-refractivity contribution in [1.29, 1.82) is 0 Å². The number of rotatable bonds is 7. The van der Waals surface area contributed by atoms with Crippen molar-refractivity contribution in [3.8, 4) is 22.9 Å². The van der Waals surface area contributed by atoms with E-state index in [0.717, 1.165) is 10.9 Å². The topological polar surface area (TPSA) is 110 Å². The van der Waals surface area contributed by atoms with E-state index in [1.807, 2.05) is 28.8 Å². The number of nitrogens with two attached hydrogens (primary N) is 1. The lowest BCUT2D eigenvalue weighted by molar-refractivity contribution is 0.103. The number of primary sulfonamides is 1. The van der Waals surface area contributed by atoms with Crippen molar-refractivity contribution < 1.29 is 27.4 Å². The third kappa shape index (κ3) is 4.04. The average Bonchev–Trinajstić information content (AvgIpc) is 3.21. The molecular formula is C24H22N2O6S. The summed E-state index contributed by atoms with van der Waals surface area (Å²) in [5.41, 5.74) is 2.31. The van der Waals surface area contributed by atoms with Crippen LogP contribution in [-0.2, 0) is 10.0 Å². The van der Waals surface area contributed by atoms with Crippen LogP contribution in [-0.4, -0.2) is 40.1 Å². The number of hydrogen-bond donors (Lipinski definition) is 1. The number of para-hydroxylation sites is 1. The quantitative estimate of drug-likeness (QED) is 0.417. The summed E-state index contributed by atoms with van der Waals surface area (Å²) in [4.78, 5) is 13.6. The third-order valence-electron chi connectivity index (χ3n) is 5.33. The highest BCUT2D eigenvalue weighted by Gasteiger charge is 2.22. The number of ketones is 1. The van der Waals surface area contributed by atoms with Crippen molar-refractivity contribution in [2.24, 2.45) is 5.14 Å². The zero-order chi connectivity index (χ0) is 23.8. The Labute approximate surface area is 191 Å². The van der Waals surface area contributed by atoms with Crippen molar-refractivity contribution in [3.63, 3.8) is 0 Å². The molecule has 0 saturated heterocycles. The number of nitrogens with zero attached hydrogens (tertiary/aromatic N) is 1. The van der Waals surface area contributed by atoms with Crippen LogP contribution < -0.4 is 19.3 Å². The van der Waals surface area contributed by atoms with Gasteiger partial charge in [-0.25, -0.2) is 13.6 Å². The number of ether oxygens (including phenoxy) is 3. The van der Waals surface area contributed by atoms with E-state index in [4.69, 9.17) is 19.3 Å². The molecule has 0 atom stereocenters. The van der Waals surface area contributed by atoms with Gasteiger partial charge >= 0.3 is 0 Å². The second-order valence-electron chi connectivity index (χ2n) is 7.21. The van der Waals surface area contributed by atoms with Gasteiger partial charge in [0.2, 0.25) is 15.8 Å². The number of hydrogen-bond acceptors (Lipinski definition) is 6. The summed E-state index contributed by atoms with van der Waals surface area (Å²) < 4.78 is 41.1. The molecule has 0 amide bonds. The number of benzene rings is 3. The summed E-state index contributed by atoms with van der Waals surface area (Å²) in [5, 5.41) is 5.95. The van der Waals surface area contributed by atoms with Crippen molar-refractivity contribution in [3.05, 3.63) is 78.0 Å². The van der Waals surface area contributed by atoms with E-state index < -0.39 is 10.0 Å². The van der Waals surface area contributed by atoms with Gasteiger partial charge in [0.05, 0.1) is 31.7 Å². The molecule has 0 saturated carbocycles. The summed E-state index contributed by atoms with van der Waals surface area (Å²) in [6, 6.07) is 16.8. The van der Waals surface area contributed by atoms with Gasteiger partial charge in [-0.15, -0.1) is 0 Å². The molecule has 2 N–H and O–H groups in total. The Kier molecular flexibility index (Phi) is 5.84.